The van der Waals surface area contributed by atoms with Crippen molar-refractivity contribution in [1.29, 1.82) is 0 Å². The summed E-state index contributed by atoms with van der Waals surface area (Å²) in [6, 6.07) is 12.4. The molecule has 8 heteroatoms. The van der Waals surface area contributed by atoms with Crippen molar-refractivity contribution in [2.45, 2.75) is 32.2 Å². The minimum atomic E-state index is 0. The zero-order chi connectivity index (χ0) is 21.2. The molecule has 1 saturated heterocycles. The highest BCUT2D eigenvalue weighted by Gasteiger charge is 2.23. The maximum absolute atomic E-state index is 5.86. The van der Waals surface area contributed by atoms with Gasteiger partial charge in [-0.25, -0.2) is 4.98 Å². The van der Waals surface area contributed by atoms with Crippen LogP contribution in [-0.2, 0) is 6.42 Å². The molecule has 170 valence electrons. The van der Waals surface area contributed by atoms with Gasteiger partial charge in [0.1, 0.15) is 10.9 Å². The average Bonchev–Trinajstić information content (AvgIpc) is 3.30. The second-order valence-electron chi connectivity index (χ2n) is 7.42. The van der Waals surface area contributed by atoms with Crippen molar-refractivity contribution in [1.82, 2.24) is 20.5 Å². The summed E-state index contributed by atoms with van der Waals surface area (Å²) in [5.74, 6) is 1.73. The van der Waals surface area contributed by atoms with Crippen LogP contribution in [0.4, 0.5) is 0 Å². The number of aliphatic imine (C=N–C) groups is 1. The first-order valence-electron chi connectivity index (χ1n) is 10.7. The van der Waals surface area contributed by atoms with E-state index in [1.165, 1.54) is 18.4 Å². The van der Waals surface area contributed by atoms with Gasteiger partial charge in [-0.15, -0.1) is 24.0 Å². The number of aromatic nitrogens is 1. The second-order valence-corrected chi connectivity index (χ2v) is 7.81. The van der Waals surface area contributed by atoms with Crippen LogP contribution in [0, 0.1) is 0 Å². The Morgan fingerprint density at radius 1 is 1.23 bits per heavy atom. The van der Waals surface area contributed by atoms with Crippen LogP contribution in [0.5, 0.6) is 5.75 Å². The van der Waals surface area contributed by atoms with E-state index >= 15 is 0 Å². The largest absolute Gasteiger partial charge is 0.497 e. The Hall–Kier alpha value is -1.58. The summed E-state index contributed by atoms with van der Waals surface area (Å²) >= 11 is 5.86. The molecule has 1 aliphatic heterocycles. The van der Waals surface area contributed by atoms with Gasteiger partial charge in [0.05, 0.1) is 19.7 Å². The smallest absolute Gasteiger partial charge is 0.191 e. The van der Waals surface area contributed by atoms with Gasteiger partial charge in [-0.3, -0.25) is 9.89 Å². The molecule has 0 radical (unpaired) electrons. The Labute approximate surface area is 207 Å². The van der Waals surface area contributed by atoms with E-state index in [0.29, 0.717) is 11.7 Å². The van der Waals surface area contributed by atoms with E-state index in [9.17, 15) is 0 Å². The fourth-order valence-electron chi connectivity index (χ4n) is 3.73. The lowest BCUT2D eigenvalue weighted by atomic mass is 10.1. The molecule has 3 rings (SSSR count). The van der Waals surface area contributed by atoms with Crippen LogP contribution in [-0.4, -0.2) is 55.7 Å². The van der Waals surface area contributed by atoms with Crippen molar-refractivity contribution >= 4 is 41.5 Å². The summed E-state index contributed by atoms with van der Waals surface area (Å²) in [5, 5.41) is 7.32. The highest BCUT2D eigenvalue weighted by Crippen LogP contribution is 2.27. The molecule has 31 heavy (non-hydrogen) atoms. The maximum Gasteiger partial charge on any atom is 0.191 e. The van der Waals surface area contributed by atoms with Crippen LogP contribution in [0.25, 0.3) is 0 Å². The highest BCUT2D eigenvalue weighted by molar-refractivity contribution is 14.0. The van der Waals surface area contributed by atoms with Crippen molar-refractivity contribution in [3.05, 3.63) is 58.9 Å². The van der Waals surface area contributed by atoms with E-state index in [-0.39, 0.29) is 30.0 Å². The van der Waals surface area contributed by atoms with Gasteiger partial charge < -0.3 is 15.4 Å². The van der Waals surface area contributed by atoms with Gasteiger partial charge in [0, 0.05) is 19.3 Å². The number of guanidine groups is 1. The molecule has 0 saturated carbocycles. The maximum atomic E-state index is 5.86. The molecular formula is C23H33ClIN5O. The Kier molecular flexibility index (Phi) is 11.4. The van der Waals surface area contributed by atoms with Crippen molar-refractivity contribution in [3.8, 4) is 5.75 Å². The summed E-state index contributed by atoms with van der Waals surface area (Å²) in [6.45, 7) is 6.62. The zero-order valence-electron chi connectivity index (χ0n) is 18.3. The molecule has 1 aromatic heterocycles. The van der Waals surface area contributed by atoms with Crippen LogP contribution in [0.3, 0.4) is 0 Å². The van der Waals surface area contributed by atoms with E-state index in [4.69, 9.17) is 21.3 Å². The Balaban J connectivity index is 0.00000341. The first-order valence-corrected chi connectivity index (χ1v) is 11.1. The van der Waals surface area contributed by atoms with Crippen LogP contribution < -0.4 is 15.4 Å². The van der Waals surface area contributed by atoms with Gasteiger partial charge in [0.25, 0.3) is 0 Å². The molecule has 1 atom stereocenters. The van der Waals surface area contributed by atoms with Crippen molar-refractivity contribution in [2.24, 2.45) is 4.99 Å². The van der Waals surface area contributed by atoms with Gasteiger partial charge in [-0.1, -0.05) is 29.8 Å². The zero-order valence-corrected chi connectivity index (χ0v) is 21.4. The SMILES string of the molecule is CCNC(=NCC(c1cccc(OC)c1)N1CCCC1)NCCc1ccc(Cl)nc1.I. The number of nitrogens with zero attached hydrogens (tertiary/aromatic N) is 3. The van der Waals surface area contributed by atoms with Crippen LogP contribution in [0.1, 0.15) is 36.9 Å². The molecule has 1 unspecified atom stereocenters. The van der Waals surface area contributed by atoms with E-state index < -0.39 is 0 Å². The van der Waals surface area contributed by atoms with E-state index in [0.717, 1.165) is 49.9 Å². The molecule has 0 bridgehead atoms. The number of halogens is 2. The molecule has 6 nitrogen and oxygen atoms in total. The molecule has 2 aromatic rings. The highest BCUT2D eigenvalue weighted by atomic mass is 127. The molecule has 1 aliphatic rings. The molecule has 1 fully saturated rings. The number of pyridine rings is 1. The molecule has 2 N–H and O–H groups in total. The minimum absolute atomic E-state index is 0. The van der Waals surface area contributed by atoms with Gasteiger partial charge in [0.2, 0.25) is 0 Å². The average molecular weight is 558 g/mol. The van der Waals surface area contributed by atoms with Gasteiger partial charge in [-0.05, 0) is 68.6 Å². The Bertz CT molecular complexity index is 812. The van der Waals surface area contributed by atoms with E-state index in [1.807, 2.05) is 24.4 Å². The van der Waals surface area contributed by atoms with Gasteiger partial charge in [-0.2, -0.15) is 0 Å². The molecule has 1 aromatic carbocycles. The lowest BCUT2D eigenvalue weighted by Crippen LogP contribution is -2.39. The standard InChI is InChI=1S/C23H32ClN5O.HI/c1-3-25-23(26-12-11-18-9-10-22(24)27-16-18)28-17-21(29-13-4-5-14-29)19-7-6-8-20(15-19)30-2;/h6-10,15-16,21H,3-5,11-14,17H2,1-2H3,(H2,25,26,28);1H. The lowest BCUT2D eigenvalue weighted by molar-refractivity contribution is 0.251. The van der Waals surface area contributed by atoms with Crippen LogP contribution in [0.15, 0.2) is 47.6 Å². The van der Waals surface area contributed by atoms with E-state index in [1.54, 1.807) is 7.11 Å². The third-order valence-electron chi connectivity index (χ3n) is 5.32. The number of methoxy groups -OCH3 is 1. The molecule has 2 heterocycles. The molecule has 0 spiro atoms. The number of rotatable bonds is 9. The molecule has 0 aliphatic carbocycles. The predicted octanol–water partition coefficient (Wildman–Crippen LogP) is 4.30. The summed E-state index contributed by atoms with van der Waals surface area (Å²) < 4.78 is 5.44. The lowest BCUT2D eigenvalue weighted by Gasteiger charge is -2.27. The summed E-state index contributed by atoms with van der Waals surface area (Å²) in [6.07, 6.45) is 5.18. The second kappa shape index (κ2) is 13.8. The summed E-state index contributed by atoms with van der Waals surface area (Å²) in [7, 11) is 1.71. The van der Waals surface area contributed by atoms with Crippen molar-refractivity contribution < 1.29 is 4.74 Å². The number of likely N-dealkylation sites (tertiary alicyclic amines) is 1. The number of benzene rings is 1. The number of nitrogens with one attached hydrogen (secondary N) is 2. The third-order valence-corrected chi connectivity index (χ3v) is 5.54. The van der Waals surface area contributed by atoms with Crippen molar-refractivity contribution in [3.63, 3.8) is 0 Å². The van der Waals surface area contributed by atoms with E-state index in [2.05, 4.69) is 45.6 Å². The molecular weight excluding hydrogens is 525 g/mol. The number of hydrogen-bond donors (Lipinski definition) is 2. The summed E-state index contributed by atoms with van der Waals surface area (Å²) in [5.41, 5.74) is 2.40. The third kappa shape index (κ3) is 8.12. The van der Waals surface area contributed by atoms with Crippen LogP contribution in [0.2, 0.25) is 5.15 Å². The first-order chi connectivity index (χ1) is 14.7. The van der Waals surface area contributed by atoms with Crippen LogP contribution >= 0.6 is 35.6 Å². The summed E-state index contributed by atoms with van der Waals surface area (Å²) in [4.78, 5) is 11.6. The topological polar surface area (TPSA) is 61.8 Å². The molecule has 0 amide bonds. The van der Waals surface area contributed by atoms with Gasteiger partial charge in [0.15, 0.2) is 5.96 Å². The number of ether oxygens (including phenoxy) is 1. The number of hydrogen-bond acceptors (Lipinski definition) is 4. The van der Waals surface area contributed by atoms with Gasteiger partial charge >= 0.3 is 0 Å². The normalized spacial score (nSPS) is 15.3. The fourth-order valence-corrected chi connectivity index (χ4v) is 3.84. The fraction of sp³-hybridized carbons (Fsp3) is 0.478. The predicted molar refractivity (Wildman–Crippen MR) is 139 cm³/mol. The van der Waals surface area contributed by atoms with Crippen molar-refractivity contribution in [2.75, 3.05) is 39.8 Å². The quantitative estimate of drug-likeness (QED) is 0.208. The first kappa shape index (κ1) is 25.7. The minimum Gasteiger partial charge on any atom is -0.497 e. The Morgan fingerprint density at radius 2 is 2.03 bits per heavy atom. The monoisotopic (exact) mass is 557 g/mol. The Morgan fingerprint density at radius 3 is 2.71 bits per heavy atom.